The minimum absolute atomic E-state index is 0.123. The number of anilines is 1. The van der Waals surface area contributed by atoms with Crippen LogP contribution in [0.2, 0.25) is 0 Å². The second kappa shape index (κ2) is 6.35. The van der Waals surface area contributed by atoms with E-state index >= 15 is 0 Å². The molecule has 0 aromatic heterocycles. The summed E-state index contributed by atoms with van der Waals surface area (Å²) in [5, 5.41) is 3.52. The predicted molar refractivity (Wildman–Crippen MR) is 99.9 cm³/mol. The van der Waals surface area contributed by atoms with E-state index in [2.05, 4.69) is 24.2 Å². The van der Waals surface area contributed by atoms with E-state index in [1.165, 1.54) is 24.3 Å². The SMILES string of the molecule is CC1C[C@@H]2[C@H](CCN1)c1cc(S(=O)(=O)c3ccc(F)cc3)ccc1N2C. The quantitative estimate of drug-likeness (QED) is 0.819. The normalized spacial score (nSPS) is 25.5. The van der Waals surface area contributed by atoms with Gasteiger partial charge in [-0.1, -0.05) is 0 Å². The number of nitrogens with one attached hydrogen (secondary N) is 1. The van der Waals surface area contributed by atoms with Gasteiger partial charge in [0.25, 0.3) is 0 Å². The molecule has 0 bridgehead atoms. The minimum Gasteiger partial charge on any atom is -0.371 e. The largest absolute Gasteiger partial charge is 0.371 e. The Balaban J connectivity index is 1.75. The van der Waals surface area contributed by atoms with Gasteiger partial charge >= 0.3 is 0 Å². The average Bonchev–Trinajstić information content (AvgIpc) is 2.76. The number of hydrogen-bond acceptors (Lipinski definition) is 4. The van der Waals surface area contributed by atoms with Crippen molar-refractivity contribution in [1.82, 2.24) is 5.32 Å². The maximum absolute atomic E-state index is 13.1. The van der Waals surface area contributed by atoms with E-state index < -0.39 is 15.7 Å². The smallest absolute Gasteiger partial charge is 0.206 e. The lowest BCUT2D eigenvalue weighted by Crippen LogP contribution is -2.34. The lowest BCUT2D eigenvalue weighted by Gasteiger charge is -2.26. The number of benzene rings is 2. The summed E-state index contributed by atoms with van der Waals surface area (Å²) in [4.78, 5) is 2.69. The van der Waals surface area contributed by atoms with Gasteiger partial charge in [0.05, 0.1) is 9.79 Å². The first kappa shape index (κ1) is 17.5. The minimum atomic E-state index is -3.65. The summed E-state index contributed by atoms with van der Waals surface area (Å²) in [5.41, 5.74) is 2.23. The fourth-order valence-electron chi connectivity index (χ4n) is 4.32. The Labute approximate surface area is 153 Å². The van der Waals surface area contributed by atoms with Crippen molar-refractivity contribution in [2.45, 2.75) is 47.6 Å². The van der Waals surface area contributed by atoms with Crippen LogP contribution in [-0.2, 0) is 9.84 Å². The van der Waals surface area contributed by atoms with E-state index in [1.54, 1.807) is 6.07 Å². The number of hydrogen-bond donors (Lipinski definition) is 1. The van der Waals surface area contributed by atoms with Gasteiger partial charge in [0.15, 0.2) is 0 Å². The second-order valence-corrected chi connectivity index (χ2v) is 9.29. The summed E-state index contributed by atoms with van der Waals surface area (Å²) < 4.78 is 39.1. The van der Waals surface area contributed by atoms with Crippen LogP contribution in [0.1, 0.15) is 31.2 Å². The maximum Gasteiger partial charge on any atom is 0.206 e. The zero-order valence-electron chi connectivity index (χ0n) is 14.9. The van der Waals surface area contributed by atoms with Gasteiger partial charge < -0.3 is 10.2 Å². The Morgan fingerprint density at radius 3 is 2.54 bits per heavy atom. The Morgan fingerprint density at radius 1 is 1.12 bits per heavy atom. The van der Waals surface area contributed by atoms with Crippen molar-refractivity contribution in [2.24, 2.45) is 0 Å². The molecular weight excluding hydrogens is 351 g/mol. The van der Waals surface area contributed by atoms with Crippen molar-refractivity contribution >= 4 is 15.5 Å². The molecule has 1 N–H and O–H groups in total. The van der Waals surface area contributed by atoms with E-state index in [-0.39, 0.29) is 9.79 Å². The molecule has 1 saturated heterocycles. The molecule has 2 aliphatic heterocycles. The number of rotatable bonds is 2. The summed E-state index contributed by atoms with van der Waals surface area (Å²) >= 11 is 0. The van der Waals surface area contributed by atoms with Crippen molar-refractivity contribution in [2.75, 3.05) is 18.5 Å². The van der Waals surface area contributed by atoms with Gasteiger partial charge in [0, 0.05) is 30.7 Å². The second-order valence-electron chi connectivity index (χ2n) is 7.34. The molecule has 138 valence electrons. The van der Waals surface area contributed by atoms with Crippen LogP contribution in [0.25, 0.3) is 0 Å². The third-order valence-corrected chi connectivity index (χ3v) is 7.49. The van der Waals surface area contributed by atoms with Crippen molar-refractivity contribution in [3.63, 3.8) is 0 Å². The molecule has 1 unspecified atom stereocenters. The fraction of sp³-hybridized carbons (Fsp3) is 0.400. The summed E-state index contributed by atoms with van der Waals surface area (Å²) in [6.45, 7) is 3.13. The van der Waals surface area contributed by atoms with Crippen LogP contribution in [0.15, 0.2) is 52.3 Å². The Bertz CT molecular complexity index is 927. The molecule has 2 aromatic carbocycles. The molecule has 1 fully saturated rings. The molecule has 0 aliphatic carbocycles. The topological polar surface area (TPSA) is 49.4 Å². The summed E-state index contributed by atoms with van der Waals surface area (Å²) in [5.74, 6) is -0.113. The first-order valence-corrected chi connectivity index (χ1v) is 10.5. The molecule has 0 amide bonds. The van der Waals surface area contributed by atoms with Gasteiger partial charge in [-0.3, -0.25) is 0 Å². The molecule has 3 atom stereocenters. The fourth-order valence-corrected chi connectivity index (χ4v) is 5.62. The lowest BCUT2D eigenvalue weighted by atomic mass is 9.90. The Kier molecular flexibility index (Phi) is 4.28. The van der Waals surface area contributed by atoms with Gasteiger partial charge in [-0.2, -0.15) is 0 Å². The van der Waals surface area contributed by atoms with Crippen molar-refractivity contribution in [3.8, 4) is 0 Å². The molecule has 2 aliphatic rings. The molecule has 6 heteroatoms. The van der Waals surface area contributed by atoms with Crippen molar-refractivity contribution in [1.29, 1.82) is 0 Å². The van der Waals surface area contributed by atoms with E-state index in [4.69, 9.17) is 0 Å². The first-order chi connectivity index (χ1) is 12.4. The summed E-state index contributed by atoms with van der Waals surface area (Å²) in [6, 6.07) is 11.3. The first-order valence-electron chi connectivity index (χ1n) is 8.99. The molecule has 0 radical (unpaired) electrons. The van der Waals surface area contributed by atoms with Crippen molar-refractivity contribution in [3.05, 3.63) is 53.8 Å². The van der Waals surface area contributed by atoms with Gasteiger partial charge in [0.1, 0.15) is 5.82 Å². The van der Waals surface area contributed by atoms with Gasteiger partial charge in [-0.25, -0.2) is 12.8 Å². The van der Waals surface area contributed by atoms with Gasteiger partial charge in [-0.05, 0) is 74.3 Å². The molecule has 2 aromatic rings. The van der Waals surface area contributed by atoms with E-state index in [0.29, 0.717) is 18.0 Å². The number of likely N-dealkylation sites (N-methyl/N-ethyl adjacent to an activating group) is 1. The van der Waals surface area contributed by atoms with Crippen LogP contribution in [-0.4, -0.2) is 34.1 Å². The van der Waals surface area contributed by atoms with Crippen LogP contribution in [0.3, 0.4) is 0 Å². The Hall–Kier alpha value is -1.92. The highest BCUT2D eigenvalue weighted by atomic mass is 32.2. The molecule has 0 saturated carbocycles. The highest BCUT2D eigenvalue weighted by Crippen LogP contribution is 2.45. The zero-order chi connectivity index (χ0) is 18.5. The molecule has 4 rings (SSSR count). The standard InChI is InChI=1S/C20H23FN2O2S/c1-13-11-20-17(9-10-22-13)18-12-16(7-8-19(18)23(20)2)26(24,25)15-5-3-14(21)4-6-15/h3-8,12-13,17,20,22H,9-11H2,1-2H3/t13?,17-,20-/m1/s1. The van der Waals surface area contributed by atoms with E-state index in [1.807, 2.05) is 12.1 Å². The van der Waals surface area contributed by atoms with Gasteiger partial charge in [-0.15, -0.1) is 0 Å². The number of nitrogens with zero attached hydrogens (tertiary/aromatic N) is 1. The third kappa shape index (κ3) is 2.81. The van der Waals surface area contributed by atoms with Crippen molar-refractivity contribution < 1.29 is 12.8 Å². The predicted octanol–water partition coefficient (Wildman–Crippen LogP) is 3.33. The van der Waals surface area contributed by atoms with Crippen LogP contribution in [0.4, 0.5) is 10.1 Å². The van der Waals surface area contributed by atoms with E-state index in [9.17, 15) is 12.8 Å². The number of sulfone groups is 1. The number of fused-ring (bicyclic) bond motifs is 3. The average molecular weight is 374 g/mol. The molecule has 26 heavy (non-hydrogen) atoms. The third-order valence-electron chi connectivity index (χ3n) is 5.72. The summed E-state index contributed by atoms with van der Waals surface area (Å²) in [6.07, 6.45) is 2.03. The highest BCUT2D eigenvalue weighted by molar-refractivity contribution is 7.91. The molecule has 4 nitrogen and oxygen atoms in total. The maximum atomic E-state index is 13.1. The Morgan fingerprint density at radius 2 is 1.81 bits per heavy atom. The summed E-state index contributed by atoms with van der Waals surface area (Å²) in [7, 11) is -1.56. The lowest BCUT2D eigenvalue weighted by molar-refractivity contribution is 0.487. The van der Waals surface area contributed by atoms with E-state index in [0.717, 1.165) is 30.6 Å². The van der Waals surface area contributed by atoms with Crippen LogP contribution in [0, 0.1) is 5.82 Å². The highest BCUT2D eigenvalue weighted by Gasteiger charge is 2.39. The molecular formula is C20H23FN2O2S. The van der Waals surface area contributed by atoms with Crippen LogP contribution < -0.4 is 10.2 Å². The molecule has 0 spiro atoms. The molecule has 2 heterocycles. The monoisotopic (exact) mass is 374 g/mol. The van der Waals surface area contributed by atoms with Crippen LogP contribution in [0.5, 0.6) is 0 Å². The zero-order valence-corrected chi connectivity index (χ0v) is 15.8. The van der Waals surface area contributed by atoms with Crippen LogP contribution >= 0.6 is 0 Å². The number of halogens is 1. The van der Waals surface area contributed by atoms with Gasteiger partial charge in [0.2, 0.25) is 9.84 Å².